The summed E-state index contributed by atoms with van der Waals surface area (Å²) in [6, 6.07) is 16.0. The van der Waals surface area contributed by atoms with E-state index in [1.165, 1.54) is 0 Å². The first-order chi connectivity index (χ1) is 14.0. The number of nitrogens with one attached hydrogen (secondary N) is 1. The summed E-state index contributed by atoms with van der Waals surface area (Å²) in [5.41, 5.74) is 9.94. The smallest absolute Gasteiger partial charge is 0.252 e. The molecule has 0 unspecified atom stereocenters. The standard InChI is InChI=1S/C23H19N3O3/c24-23(29)18-4-2-1-3-15(18)6-5-14-9-17(13-25-12-14)16-7-8-20-19(10-16)21(27)11-22(28)26-20/h1-4,7-13H,5-6H2,(H2,24,29)(H2,26,27,28). The van der Waals surface area contributed by atoms with Crippen molar-refractivity contribution in [3.05, 3.63) is 94.0 Å². The first-order valence-corrected chi connectivity index (χ1v) is 9.19. The fourth-order valence-corrected chi connectivity index (χ4v) is 3.46. The molecule has 0 atom stereocenters. The molecule has 4 N–H and O–H groups in total. The van der Waals surface area contributed by atoms with Crippen LogP contribution in [0.25, 0.3) is 22.0 Å². The predicted molar refractivity (Wildman–Crippen MR) is 112 cm³/mol. The van der Waals surface area contributed by atoms with Crippen LogP contribution in [0, 0.1) is 0 Å². The number of aromatic hydroxyl groups is 1. The quantitative estimate of drug-likeness (QED) is 0.490. The fraction of sp³-hybridized carbons (Fsp3) is 0.0870. The minimum Gasteiger partial charge on any atom is -0.507 e. The van der Waals surface area contributed by atoms with Crippen LogP contribution in [0.3, 0.4) is 0 Å². The van der Waals surface area contributed by atoms with Crippen molar-refractivity contribution in [2.45, 2.75) is 12.8 Å². The van der Waals surface area contributed by atoms with E-state index in [2.05, 4.69) is 9.97 Å². The number of aromatic amines is 1. The summed E-state index contributed by atoms with van der Waals surface area (Å²) < 4.78 is 0. The molecule has 6 heteroatoms. The van der Waals surface area contributed by atoms with Gasteiger partial charge in [-0.1, -0.05) is 24.3 Å². The van der Waals surface area contributed by atoms with Gasteiger partial charge < -0.3 is 15.8 Å². The summed E-state index contributed by atoms with van der Waals surface area (Å²) >= 11 is 0. The Labute approximate surface area is 166 Å². The number of primary amides is 1. The van der Waals surface area contributed by atoms with Crippen LogP contribution >= 0.6 is 0 Å². The predicted octanol–water partition coefficient (Wildman–Crippen LogP) is 3.18. The molecule has 0 radical (unpaired) electrons. The van der Waals surface area contributed by atoms with E-state index in [-0.39, 0.29) is 11.3 Å². The van der Waals surface area contributed by atoms with Gasteiger partial charge in [-0.15, -0.1) is 0 Å². The van der Waals surface area contributed by atoms with E-state index < -0.39 is 5.91 Å². The highest BCUT2D eigenvalue weighted by molar-refractivity contribution is 5.94. The van der Waals surface area contributed by atoms with Gasteiger partial charge in [0.2, 0.25) is 5.91 Å². The van der Waals surface area contributed by atoms with Gasteiger partial charge in [-0.25, -0.2) is 0 Å². The Balaban J connectivity index is 1.62. The number of amides is 1. The van der Waals surface area contributed by atoms with Crippen molar-refractivity contribution >= 4 is 16.8 Å². The molecule has 4 rings (SSSR count). The van der Waals surface area contributed by atoms with Crippen molar-refractivity contribution in [3.63, 3.8) is 0 Å². The van der Waals surface area contributed by atoms with Gasteiger partial charge in [0.1, 0.15) is 5.75 Å². The number of aryl methyl sites for hydroxylation is 2. The maximum atomic E-state index is 11.6. The van der Waals surface area contributed by atoms with Gasteiger partial charge in [0.15, 0.2) is 0 Å². The number of H-pyrrole nitrogens is 1. The number of pyridine rings is 2. The Hall–Kier alpha value is -3.93. The zero-order valence-electron chi connectivity index (χ0n) is 15.6. The number of nitrogens with two attached hydrogens (primary N) is 1. The highest BCUT2D eigenvalue weighted by atomic mass is 16.3. The second-order valence-corrected chi connectivity index (χ2v) is 6.88. The van der Waals surface area contributed by atoms with Crippen LogP contribution in [-0.2, 0) is 12.8 Å². The van der Waals surface area contributed by atoms with Crippen LogP contribution < -0.4 is 11.3 Å². The monoisotopic (exact) mass is 385 g/mol. The molecule has 0 aliphatic carbocycles. The van der Waals surface area contributed by atoms with E-state index in [4.69, 9.17) is 5.73 Å². The molecule has 0 spiro atoms. The molecule has 0 aliphatic heterocycles. The molecule has 144 valence electrons. The number of carbonyl (C=O) groups excluding carboxylic acids is 1. The molecule has 0 saturated carbocycles. The van der Waals surface area contributed by atoms with Crippen LogP contribution in [0.15, 0.2) is 71.8 Å². The average Bonchev–Trinajstić information content (AvgIpc) is 2.72. The summed E-state index contributed by atoms with van der Waals surface area (Å²) in [6.45, 7) is 0. The SMILES string of the molecule is NC(=O)c1ccccc1CCc1cncc(-c2ccc3[nH]c(=O)cc(O)c3c2)c1. The lowest BCUT2D eigenvalue weighted by Gasteiger charge is -2.09. The lowest BCUT2D eigenvalue weighted by atomic mass is 9.98. The number of fused-ring (bicyclic) bond motifs is 1. The molecule has 29 heavy (non-hydrogen) atoms. The van der Waals surface area contributed by atoms with E-state index in [0.29, 0.717) is 29.3 Å². The van der Waals surface area contributed by atoms with Gasteiger partial charge >= 0.3 is 0 Å². The number of hydrogen-bond acceptors (Lipinski definition) is 4. The number of hydrogen-bond donors (Lipinski definition) is 3. The van der Waals surface area contributed by atoms with Crippen molar-refractivity contribution in [1.82, 2.24) is 9.97 Å². The first-order valence-electron chi connectivity index (χ1n) is 9.19. The van der Waals surface area contributed by atoms with Gasteiger partial charge in [0, 0.05) is 35.0 Å². The van der Waals surface area contributed by atoms with Crippen molar-refractivity contribution < 1.29 is 9.90 Å². The highest BCUT2D eigenvalue weighted by Crippen LogP contribution is 2.28. The number of nitrogens with zero attached hydrogens (tertiary/aromatic N) is 1. The van der Waals surface area contributed by atoms with Crippen LogP contribution in [-0.4, -0.2) is 21.0 Å². The minimum atomic E-state index is -0.429. The van der Waals surface area contributed by atoms with Crippen LogP contribution in [0.2, 0.25) is 0 Å². The second kappa shape index (κ2) is 7.59. The van der Waals surface area contributed by atoms with Gasteiger partial charge in [0.05, 0.1) is 5.52 Å². The Morgan fingerprint density at radius 1 is 1.00 bits per heavy atom. The third kappa shape index (κ3) is 3.87. The van der Waals surface area contributed by atoms with Crippen molar-refractivity contribution in [3.8, 4) is 16.9 Å². The van der Waals surface area contributed by atoms with Crippen LogP contribution in [0.4, 0.5) is 0 Å². The Bertz CT molecular complexity index is 1280. The molecule has 1 amide bonds. The molecule has 2 heterocycles. The van der Waals surface area contributed by atoms with Crippen LogP contribution in [0.1, 0.15) is 21.5 Å². The van der Waals surface area contributed by atoms with Crippen molar-refractivity contribution in [1.29, 1.82) is 0 Å². The second-order valence-electron chi connectivity index (χ2n) is 6.88. The highest BCUT2D eigenvalue weighted by Gasteiger charge is 2.09. The van der Waals surface area contributed by atoms with E-state index >= 15 is 0 Å². The molecule has 4 aromatic rings. The zero-order valence-corrected chi connectivity index (χ0v) is 15.6. The third-order valence-electron chi connectivity index (χ3n) is 4.92. The topological polar surface area (TPSA) is 109 Å². The number of aromatic nitrogens is 2. The molecule has 2 aromatic carbocycles. The molecular weight excluding hydrogens is 366 g/mol. The fourth-order valence-electron chi connectivity index (χ4n) is 3.46. The Kier molecular flexibility index (Phi) is 4.83. The lowest BCUT2D eigenvalue weighted by molar-refractivity contribution is 0.0999. The van der Waals surface area contributed by atoms with E-state index in [1.807, 2.05) is 30.3 Å². The summed E-state index contributed by atoms with van der Waals surface area (Å²) in [7, 11) is 0. The summed E-state index contributed by atoms with van der Waals surface area (Å²) in [6.07, 6.45) is 4.93. The number of benzene rings is 2. The summed E-state index contributed by atoms with van der Waals surface area (Å²) in [5.74, 6) is -0.487. The third-order valence-corrected chi connectivity index (χ3v) is 4.92. The average molecular weight is 385 g/mol. The molecule has 0 aliphatic rings. The largest absolute Gasteiger partial charge is 0.507 e. The number of carbonyl (C=O) groups is 1. The van der Waals surface area contributed by atoms with E-state index in [1.54, 1.807) is 30.6 Å². The molecule has 0 fully saturated rings. The van der Waals surface area contributed by atoms with Gasteiger partial charge in [-0.3, -0.25) is 14.6 Å². The van der Waals surface area contributed by atoms with Gasteiger partial charge in [-0.2, -0.15) is 0 Å². The molecule has 2 aromatic heterocycles. The van der Waals surface area contributed by atoms with Gasteiger partial charge in [0.25, 0.3) is 5.56 Å². The first kappa shape index (κ1) is 18.4. The molecule has 6 nitrogen and oxygen atoms in total. The van der Waals surface area contributed by atoms with Crippen molar-refractivity contribution in [2.24, 2.45) is 5.73 Å². The molecule has 0 saturated heterocycles. The summed E-state index contributed by atoms with van der Waals surface area (Å²) in [5, 5.41) is 10.7. The molecular formula is C23H19N3O3. The minimum absolute atomic E-state index is 0.0576. The van der Waals surface area contributed by atoms with E-state index in [0.717, 1.165) is 28.3 Å². The van der Waals surface area contributed by atoms with Gasteiger partial charge in [-0.05, 0) is 53.8 Å². The summed E-state index contributed by atoms with van der Waals surface area (Å²) in [4.78, 5) is 30.1. The lowest BCUT2D eigenvalue weighted by Crippen LogP contribution is -2.14. The maximum Gasteiger partial charge on any atom is 0.252 e. The van der Waals surface area contributed by atoms with Crippen molar-refractivity contribution in [2.75, 3.05) is 0 Å². The Morgan fingerprint density at radius 2 is 1.83 bits per heavy atom. The maximum absolute atomic E-state index is 11.6. The Morgan fingerprint density at radius 3 is 2.66 bits per heavy atom. The number of rotatable bonds is 5. The van der Waals surface area contributed by atoms with E-state index in [9.17, 15) is 14.7 Å². The zero-order chi connectivity index (χ0) is 20.4. The normalized spacial score (nSPS) is 10.9. The molecule has 0 bridgehead atoms. The van der Waals surface area contributed by atoms with Crippen LogP contribution in [0.5, 0.6) is 5.75 Å².